The number of nitrogens with zero attached hydrogens (tertiary/aromatic N) is 2. The van der Waals surface area contributed by atoms with Crippen molar-refractivity contribution in [2.45, 2.75) is 39.2 Å². The molecule has 1 amide bonds. The summed E-state index contributed by atoms with van der Waals surface area (Å²) in [5.74, 6) is -0.229. The number of carbonyl (C=O) groups is 1. The number of primary amides is 1. The first-order chi connectivity index (χ1) is 12.1. The van der Waals surface area contributed by atoms with Crippen LogP contribution in [-0.4, -0.2) is 15.5 Å². The topological polar surface area (TPSA) is 60.9 Å². The van der Waals surface area contributed by atoms with Crippen LogP contribution in [0.25, 0.3) is 22.2 Å². The zero-order valence-electron chi connectivity index (χ0n) is 14.3. The lowest BCUT2D eigenvalue weighted by Gasteiger charge is -2.11. The Balaban J connectivity index is 1.95. The predicted molar refractivity (Wildman–Crippen MR) is 103 cm³/mol. The third-order valence-electron chi connectivity index (χ3n) is 4.52. The molecule has 0 saturated carbocycles. The van der Waals surface area contributed by atoms with Gasteiger partial charge in [0.15, 0.2) is 0 Å². The number of rotatable bonds is 7. The van der Waals surface area contributed by atoms with Gasteiger partial charge in [-0.05, 0) is 55.7 Å². The standard InChI is InChI=1S/C20H22ClN3O/c1-14-17-12-16(21)8-9-18(17)24(11-4-2-3-7-19(22)25)20(14)15-6-5-10-23-13-15/h5-6,8-10,12-13H,2-4,7,11H2,1H3,(H2,22,25). The van der Waals surface area contributed by atoms with Crippen LogP contribution in [0.3, 0.4) is 0 Å². The van der Waals surface area contributed by atoms with Crippen molar-refractivity contribution in [1.82, 2.24) is 9.55 Å². The van der Waals surface area contributed by atoms with E-state index in [1.54, 1.807) is 6.20 Å². The molecule has 0 saturated heterocycles. The third kappa shape index (κ3) is 3.85. The third-order valence-corrected chi connectivity index (χ3v) is 4.75. The number of unbranched alkanes of at least 4 members (excludes halogenated alkanes) is 2. The SMILES string of the molecule is Cc1c(-c2cccnc2)n(CCCCCC(N)=O)c2ccc(Cl)cc12. The number of aryl methyl sites for hydroxylation is 2. The minimum Gasteiger partial charge on any atom is -0.370 e. The Labute approximate surface area is 152 Å². The molecule has 2 N–H and O–H groups in total. The molecule has 0 bridgehead atoms. The van der Waals surface area contributed by atoms with E-state index in [1.807, 2.05) is 24.4 Å². The van der Waals surface area contributed by atoms with E-state index in [-0.39, 0.29) is 5.91 Å². The van der Waals surface area contributed by atoms with Crippen LogP contribution < -0.4 is 5.73 Å². The number of halogens is 1. The van der Waals surface area contributed by atoms with Gasteiger partial charge in [-0.25, -0.2) is 0 Å². The molecule has 5 heteroatoms. The molecule has 130 valence electrons. The molecule has 0 atom stereocenters. The molecule has 2 aromatic heterocycles. The van der Waals surface area contributed by atoms with Gasteiger partial charge in [0.05, 0.1) is 5.69 Å². The molecule has 0 unspecified atom stereocenters. The fourth-order valence-electron chi connectivity index (χ4n) is 3.35. The van der Waals surface area contributed by atoms with Crippen LogP contribution in [0.2, 0.25) is 5.02 Å². The zero-order valence-corrected chi connectivity index (χ0v) is 15.1. The largest absolute Gasteiger partial charge is 0.370 e. The first-order valence-electron chi connectivity index (χ1n) is 8.55. The Bertz CT molecular complexity index is 887. The number of aromatic nitrogens is 2. The number of pyridine rings is 1. The summed E-state index contributed by atoms with van der Waals surface area (Å²) in [6.45, 7) is 3.01. The van der Waals surface area contributed by atoms with Crippen LogP contribution >= 0.6 is 11.6 Å². The van der Waals surface area contributed by atoms with Crippen LogP contribution in [-0.2, 0) is 11.3 Å². The monoisotopic (exact) mass is 355 g/mol. The van der Waals surface area contributed by atoms with Crippen molar-refractivity contribution in [3.8, 4) is 11.3 Å². The number of hydrogen-bond donors (Lipinski definition) is 1. The summed E-state index contributed by atoms with van der Waals surface area (Å²) < 4.78 is 2.34. The van der Waals surface area contributed by atoms with Gasteiger partial charge in [-0.15, -0.1) is 0 Å². The van der Waals surface area contributed by atoms with Crippen LogP contribution in [0.1, 0.15) is 31.2 Å². The number of benzene rings is 1. The normalized spacial score (nSPS) is 11.1. The Hall–Kier alpha value is -2.33. The van der Waals surface area contributed by atoms with Crippen molar-refractivity contribution >= 4 is 28.4 Å². The van der Waals surface area contributed by atoms with Crippen molar-refractivity contribution in [3.63, 3.8) is 0 Å². The summed E-state index contributed by atoms with van der Waals surface area (Å²) >= 11 is 6.21. The highest BCUT2D eigenvalue weighted by Crippen LogP contribution is 2.34. The maximum absolute atomic E-state index is 10.9. The molecule has 0 aliphatic heterocycles. The smallest absolute Gasteiger partial charge is 0.217 e. The Kier molecular flexibility index (Phi) is 5.39. The molecule has 1 aromatic carbocycles. The van der Waals surface area contributed by atoms with Crippen LogP contribution in [0.4, 0.5) is 0 Å². The Morgan fingerprint density at radius 3 is 2.80 bits per heavy atom. The average molecular weight is 356 g/mol. The molecule has 0 radical (unpaired) electrons. The second kappa shape index (κ2) is 7.70. The van der Waals surface area contributed by atoms with E-state index in [4.69, 9.17) is 17.3 Å². The number of carbonyl (C=O) groups excluding carboxylic acids is 1. The lowest BCUT2D eigenvalue weighted by Crippen LogP contribution is -2.09. The Morgan fingerprint density at radius 1 is 1.24 bits per heavy atom. The number of fused-ring (bicyclic) bond motifs is 1. The van der Waals surface area contributed by atoms with Gasteiger partial charge in [-0.1, -0.05) is 18.0 Å². The molecule has 0 aliphatic carbocycles. The van der Waals surface area contributed by atoms with Crippen molar-refractivity contribution in [2.75, 3.05) is 0 Å². The van der Waals surface area contributed by atoms with E-state index in [2.05, 4.69) is 28.6 Å². The summed E-state index contributed by atoms with van der Waals surface area (Å²) in [5.41, 5.74) is 9.88. The quantitative estimate of drug-likeness (QED) is 0.624. The van der Waals surface area contributed by atoms with E-state index in [1.165, 1.54) is 22.2 Å². The van der Waals surface area contributed by atoms with E-state index in [0.29, 0.717) is 6.42 Å². The highest BCUT2D eigenvalue weighted by molar-refractivity contribution is 6.31. The molecule has 3 aromatic rings. The molecule has 3 rings (SSSR count). The molecular weight excluding hydrogens is 334 g/mol. The fraction of sp³-hybridized carbons (Fsp3) is 0.300. The van der Waals surface area contributed by atoms with Gasteiger partial charge in [-0.3, -0.25) is 9.78 Å². The van der Waals surface area contributed by atoms with Gasteiger partial charge in [0, 0.05) is 46.8 Å². The van der Waals surface area contributed by atoms with E-state index < -0.39 is 0 Å². The van der Waals surface area contributed by atoms with Gasteiger partial charge in [0.1, 0.15) is 0 Å². The average Bonchev–Trinajstić information content (AvgIpc) is 2.87. The van der Waals surface area contributed by atoms with Gasteiger partial charge >= 0.3 is 0 Å². The van der Waals surface area contributed by atoms with E-state index in [0.717, 1.165) is 36.4 Å². The first-order valence-corrected chi connectivity index (χ1v) is 8.93. The summed E-state index contributed by atoms with van der Waals surface area (Å²) in [4.78, 5) is 15.1. The van der Waals surface area contributed by atoms with Crippen LogP contribution in [0, 0.1) is 6.92 Å². The van der Waals surface area contributed by atoms with Crippen molar-refractivity contribution in [1.29, 1.82) is 0 Å². The predicted octanol–water partition coefficient (Wildman–Crippen LogP) is 4.71. The van der Waals surface area contributed by atoms with Crippen molar-refractivity contribution < 1.29 is 4.79 Å². The lowest BCUT2D eigenvalue weighted by molar-refractivity contribution is -0.118. The van der Waals surface area contributed by atoms with Crippen molar-refractivity contribution in [2.24, 2.45) is 5.73 Å². The van der Waals surface area contributed by atoms with Gasteiger partial charge in [-0.2, -0.15) is 0 Å². The summed E-state index contributed by atoms with van der Waals surface area (Å²) in [5, 5.41) is 1.91. The summed E-state index contributed by atoms with van der Waals surface area (Å²) in [7, 11) is 0. The maximum atomic E-state index is 10.9. The number of amides is 1. The van der Waals surface area contributed by atoms with Crippen LogP contribution in [0.15, 0.2) is 42.7 Å². The van der Waals surface area contributed by atoms with Crippen LogP contribution in [0.5, 0.6) is 0 Å². The number of nitrogens with two attached hydrogens (primary N) is 1. The summed E-state index contributed by atoms with van der Waals surface area (Å²) in [6, 6.07) is 10.1. The fourth-order valence-corrected chi connectivity index (χ4v) is 3.52. The second-order valence-corrected chi connectivity index (χ2v) is 6.74. The molecule has 0 spiro atoms. The van der Waals surface area contributed by atoms with Gasteiger partial charge < -0.3 is 10.3 Å². The molecule has 0 fully saturated rings. The van der Waals surface area contributed by atoms with Gasteiger partial charge in [0.2, 0.25) is 5.91 Å². The summed E-state index contributed by atoms with van der Waals surface area (Å²) in [6.07, 6.45) is 6.94. The number of hydrogen-bond acceptors (Lipinski definition) is 2. The first kappa shape index (κ1) is 17.5. The molecule has 4 nitrogen and oxygen atoms in total. The second-order valence-electron chi connectivity index (χ2n) is 6.31. The van der Waals surface area contributed by atoms with E-state index in [9.17, 15) is 4.79 Å². The Morgan fingerprint density at radius 2 is 2.08 bits per heavy atom. The minimum atomic E-state index is -0.229. The highest BCUT2D eigenvalue weighted by atomic mass is 35.5. The zero-order chi connectivity index (χ0) is 17.8. The van der Waals surface area contributed by atoms with Crippen molar-refractivity contribution in [3.05, 3.63) is 53.3 Å². The molecule has 25 heavy (non-hydrogen) atoms. The maximum Gasteiger partial charge on any atom is 0.217 e. The lowest BCUT2D eigenvalue weighted by atomic mass is 10.1. The molecule has 0 aliphatic rings. The van der Waals surface area contributed by atoms with E-state index >= 15 is 0 Å². The minimum absolute atomic E-state index is 0.229. The molecule has 2 heterocycles. The van der Waals surface area contributed by atoms with Gasteiger partial charge in [0.25, 0.3) is 0 Å². The highest BCUT2D eigenvalue weighted by Gasteiger charge is 2.16. The molecular formula is C20H22ClN3O.